The minimum absolute atomic E-state index is 0.643. The summed E-state index contributed by atoms with van der Waals surface area (Å²) in [6, 6.07) is 0. The van der Waals surface area contributed by atoms with Crippen LogP contribution < -0.4 is 0 Å². The fourth-order valence-electron chi connectivity index (χ4n) is 0.940. The van der Waals surface area contributed by atoms with Crippen molar-refractivity contribution in [2.75, 3.05) is 0 Å². The van der Waals surface area contributed by atoms with Gasteiger partial charge in [-0.2, -0.15) is 0 Å². The predicted octanol–water partition coefficient (Wildman–Crippen LogP) is -0.0843. The molecule has 0 heterocycles. The molecule has 0 aliphatic carbocycles. The molecule has 0 radical (unpaired) electrons. The molecule has 0 fully saturated rings. The topological polar surface area (TPSA) is 173 Å². The zero-order valence-corrected chi connectivity index (χ0v) is 8.55. The monoisotopic (exact) mass is 252 g/mol. The first kappa shape index (κ1) is 14.6. The van der Waals surface area contributed by atoms with Gasteiger partial charge < -0.3 is 0 Å². The van der Waals surface area contributed by atoms with E-state index in [4.69, 9.17) is 0 Å². The van der Waals surface area contributed by atoms with Crippen LogP contribution >= 0.6 is 0 Å². The van der Waals surface area contributed by atoms with Crippen molar-refractivity contribution in [3.8, 4) is 0 Å². The van der Waals surface area contributed by atoms with E-state index in [1.165, 1.54) is 0 Å². The minimum atomic E-state index is -2.66. The molecule has 0 aromatic carbocycles. The van der Waals surface area contributed by atoms with Gasteiger partial charge in [0.2, 0.25) is 0 Å². The van der Waals surface area contributed by atoms with Gasteiger partial charge in [-0.05, 0) is 0 Å². The maximum absolute atomic E-state index is 10.4. The number of hydrogen-bond donors (Lipinski definition) is 0. The maximum atomic E-state index is 10.4. The molecule has 12 heteroatoms. The molecule has 0 spiro atoms. The fourth-order valence-corrected chi connectivity index (χ4v) is 0.940. The molecule has 0 amide bonds. The van der Waals surface area contributed by atoms with Gasteiger partial charge in [0, 0.05) is 0 Å². The van der Waals surface area contributed by atoms with Crippen molar-refractivity contribution in [2.45, 2.75) is 31.6 Å². The molecule has 12 nitrogen and oxygen atoms in total. The van der Waals surface area contributed by atoms with Gasteiger partial charge in [0.05, 0.1) is 26.6 Å². The fraction of sp³-hybridized carbons (Fsp3) is 1.00. The van der Waals surface area contributed by atoms with E-state index in [0.29, 0.717) is 6.92 Å². The Morgan fingerprint density at radius 3 is 1.53 bits per heavy atom. The first-order valence-electron chi connectivity index (χ1n) is 4.19. The quantitative estimate of drug-likeness (QED) is 0.343. The number of rotatable bonds is 7. The van der Waals surface area contributed by atoms with Crippen molar-refractivity contribution < 1.29 is 19.7 Å². The zero-order valence-electron chi connectivity index (χ0n) is 8.55. The molecule has 0 aromatic heterocycles. The number of hydrogen-bond acceptors (Lipinski definition) is 8. The predicted molar refractivity (Wildman–Crippen MR) is 49.4 cm³/mol. The molecule has 0 saturated carbocycles. The third kappa shape index (κ3) is 3.29. The van der Waals surface area contributed by atoms with E-state index in [-0.39, 0.29) is 0 Å². The number of nitro groups is 4. The van der Waals surface area contributed by atoms with Crippen molar-refractivity contribution in [1.29, 1.82) is 0 Å². The minimum Gasteiger partial charge on any atom is -0.259 e. The molecule has 0 rings (SSSR count). The molecular weight excluding hydrogens is 244 g/mol. The normalized spacial score (nSPS) is 11.2. The first-order chi connectivity index (χ1) is 7.62. The maximum Gasteiger partial charge on any atom is 0.456 e. The Kier molecular flexibility index (Phi) is 4.37. The van der Waals surface area contributed by atoms with Crippen LogP contribution in [0.25, 0.3) is 0 Å². The van der Waals surface area contributed by atoms with Crippen LogP contribution in [0.4, 0.5) is 0 Å². The second-order valence-electron chi connectivity index (χ2n) is 3.32. The Morgan fingerprint density at radius 2 is 1.29 bits per heavy atom. The molecule has 0 aromatic rings. The molecular formula is C5H8N4O8. The van der Waals surface area contributed by atoms with Crippen molar-refractivity contribution in [1.82, 2.24) is 0 Å². The summed E-state index contributed by atoms with van der Waals surface area (Å²) in [5, 5.41) is 41.3. The highest BCUT2D eigenvalue weighted by molar-refractivity contribution is 4.61. The summed E-state index contributed by atoms with van der Waals surface area (Å²) >= 11 is 0. The Labute approximate surface area is 92.8 Å². The highest BCUT2D eigenvalue weighted by atomic mass is 16.7. The van der Waals surface area contributed by atoms with Crippen molar-refractivity contribution >= 4 is 0 Å². The third-order valence-electron chi connectivity index (χ3n) is 2.15. The van der Waals surface area contributed by atoms with E-state index < -0.39 is 44.4 Å². The van der Waals surface area contributed by atoms with Crippen molar-refractivity contribution in [3.63, 3.8) is 0 Å². The van der Waals surface area contributed by atoms with E-state index in [1.807, 2.05) is 0 Å². The van der Waals surface area contributed by atoms with Crippen LogP contribution in [0.5, 0.6) is 0 Å². The lowest BCUT2D eigenvalue weighted by atomic mass is 10.1. The molecule has 0 aliphatic rings. The largest absolute Gasteiger partial charge is 0.456 e. The van der Waals surface area contributed by atoms with Crippen molar-refractivity contribution in [3.05, 3.63) is 40.5 Å². The van der Waals surface area contributed by atoms with Gasteiger partial charge in [0.25, 0.3) is 0 Å². The van der Waals surface area contributed by atoms with Crippen LogP contribution in [0.15, 0.2) is 0 Å². The summed E-state index contributed by atoms with van der Waals surface area (Å²) in [6.07, 6.45) is -4.08. The van der Waals surface area contributed by atoms with Crippen molar-refractivity contribution in [2.24, 2.45) is 0 Å². The second kappa shape index (κ2) is 5.09. The second-order valence-corrected chi connectivity index (χ2v) is 3.32. The molecule has 0 N–H and O–H groups in total. The van der Waals surface area contributed by atoms with Crippen LogP contribution in [0.3, 0.4) is 0 Å². The third-order valence-corrected chi connectivity index (χ3v) is 2.15. The van der Waals surface area contributed by atoms with E-state index in [1.54, 1.807) is 0 Å². The first-order valence-corrected chi connectivity index (χ1v) is 4.19. The van der Waals surface area contributed by atoms with Gasteiger partial charge in [-0.25, -0.2) is 0 Å². The highest BCUT2D eigenvalue weighted by Gasteiger charge is 2.52. The molecule has 0 unspecified atom stereocenters. The van der Waals surface area contributed by atoms with Gasteiger partial charge >= 0.3 is 11.8 Å². The van der Waals surface area contributed by atoms with E-state index >= 15 is 0 Å². The molecule has 0 bridgehead atoms. The lowest BCUT2D eigenvalue weighted by Crippen LogP contribution is -2.44. The summed E-state index contributed by atoms with van der Waals surface area (Å²) in [6.45, 7) is 0.643. The van der Waals surface area contributed by atoms with Crippen LogP contribution in [0.2, 0.25) is 0 Å². The lowest BCUT2D eigenvalue weighted by molar-refractivity contribution is -0.797. The Balaban J connectivity index is 4.83. The van der Waals surface area contributed by atoms with Crippen LogP contribution in [0, 0.1) is 40.5 Å². The molecule has 0 saturated heterocycles. The zero-order chi connectivity index (χ0) is 13.8. The smallest absolute Gasteiger partial charge is 0.259 e. The average molecular weight is 252 g/mol. The SMILES string of the molecule is CC(CCC([N+](=O)[O-])[N+](=O)[O-])([N+](=O)[O-])[N+](=O)[O-]. The standard InChI is InChI=1S/C5H8N4O8/c1-5(8(14)15,9(16)17)3-2-4(6(10)11)7(12)13/h4H,2-3H2,1H3. The van der Waals surface area contributed by atoms with Gasteiger partial charge in [-0.1, -0.05) is 0 Å². The Morgan fingerprint density at radius 1 is 0.941 bits per heavy atom. The average Bonchev–Trinajstić information content (AvgIpc) is 2.15. The van der Waals surface area contributed by atoms with E-state index in [9.17, 15) is 40.5 Å². The summed E-state index contributed by atoms with van der Waals surface area (Å²) in [4.78, 5) is 36.4. The van der Waals surface area contributed by atoms with Crippen LogP contribution in [-0.2, 0) is 0 Å². The Bertz CT molecular complexity index is 339. The van der Waals surface area contributed by atoms with Gasteiger partial charge in [0.1, 0.15) is 12.8 Å². The van der Waals surface area contributed by atoms with Crippen LogP contribution in [0.1, 0.15) is 19.8 Å². The lowest BCUT2D eigenvalue weighted by Gasteiger charge is -2.11. The molecule has 17 heavy (non-hydrogen) atoms. The summed E-state index contributed by atoms with van der Waals surface area (Å²) in [5.41, 5.74) is -2.66. The van der Waals surface area contributed by atoms with Crippen LogP contribution in [-0.4, -0.2) is 31.5 Å². The molecule has 0 aliphatic heterocycles. The van der Waals surface area contributed by atoms with E-state index in [0.717, 1.165) is 0 Å². The highest BCUT2D eigenvalue weighted by Crippen LogP contribution is 2.19. The summed E-state index contributed by atoms with van der Waals surface area (Å²) in [7, 11) is 0. The number of nitrogens with zero attached hydrogens (tertiary/aromatic N) is 4. The Hall–Kier alpha value is -2.40. The van der Waals surface area contributed by atoms with Gasteiger partial charge in [-0.15, -0.1) is 0 Å². The molecule has 96 valence electrons. The van der Waals surface area contributed by atoms with Gasteiger partial charge in [0.15, 0.2) is 0 Å². The summed E-state index contributed by atoms with van der Waals surface area (Å²) in [5.74, 6) is 0. The van der Waals surface area contributed by atoms with Gasteiger partial charge in [-0.3, -0.25) is 40.5 Å². The van der Waals surface area contributed by atoms with E-state index in [2.05, 4.69) is 0 Å². The summed E-state index contributed by atoms with van der Waals surface area (Å²) < 4.78 is 0. The molecule has 0 atom stereocenters.